The zero-order valence-corrected chi connectivity index (χ0v) is 10.6. The van der Waals surface area contributed by atoms with Crippen LogP contribution in [0.15, 0.2) is 12.4 Å². The summed E-state index contributed by atoms with van der Waals surface area (Å²) in [5, 5.41) is 12.7. The van der Waals surface area contributed by atoms with Crippen molar-refractivity contribution in [2.75, 3.05) is 6.54 Å². The maximum absolute atomic E-state index is 11.8. The van der Waals surface area contributed by atoms with Gasteiger partial charge in [0.2, 0.25) is 0 Å². The molecule has 1 aliphatic rings. The molecule has 1 heterocycles. The molecular weight excluding hydrogens is 230 g/mol. The van der Waals surface area contributed by atoms with Gasteiger partial charge in [0.15, 0.2) is 0 Å². The highest BCUT2D eigenvalue weighted by Crippen LogP contribution is 2.27. The van der Waals surface area contributed by atoms with E-state index in [-0.39, 0.29) is 5.91 Å². The first kappa shape index (κ1) is 13.0. The minimum absolute atomic E-state index is 0.252. The van der Waals surface area contributed by atoms with E-state index in [2.05, 4.69) is 15.3 Å². The molecule has 5 heteroatoms. The van der Waals surface area contributed by atoms with Crippen LogP contribution in [0.1, 0.15) is 41.9 Å². The molecule has 1 atom stereocenters. The maximum atomic E-state index is 11.8. The van der Waals surface area contributed by atoms with Crippen molar-refractivity contribution in [2.45, 2.75) is 38.7 Å². The van der Waals surface area contributed by atoms with Gasteiger partial charge in [-0.1, -0.05) is 12.8 Å². The quantitative estimate of drug-likeness (QED) is 0.837. The monoisotopic (exact) mass is 249 g/mol. The van der Waals surface area contributed by atoms with E-state index in [9.17, 15) is 9.90 Å². The van der Waals surface area contributed by atoms with Crippen LogP contribution >= 0.6 is 0 Å². The van der Waals surface area contributed by atoms with Crippen molar-refractivity contribution < 1.29 is 9.90 Å². The zero-order chi connectivity index (χ0) is 13.0. The van der Waals surface area contributed by atoms with E-state index < -0.39 is 6.10 Å². The first-order valence-electron chi connectivity index (χ1n) is 6.41. The summed E-state index contributed by atoms with van der Waals surface area (Å²) in [5.41, 5.74) is 1.10. The minimum atomic E-state index is -0.445. The predicted octanol–water partition coefficient (Wildman–Crippen LogP) is 1.07. The largest absolute Gasteiger partial charge is 0.391 e. The number of hydrogen-bond acceptors (Lipinski definition) is 4. The lowest BCUT2D eigenvalue weighted by Crippen LogP contribution is -2.36. The number of amides is 1. The Balaban J connectivity index is 1.84. The van der Waals surface area contributed by atoms with Crippen molar-refractivity contribution >= 4 is 5.91 Å². The minimum Gasteiger partial charge on any atom is -0.391 e. The molecule has 1 unspecified atom stereocenters. The molecule has 1 aromatic rings. The first-order chi connectivity index (χ1) is 8.66. The Morgan fingerprint density at radius 3 is 2.89 bits per heavy atom. The molecule has 2 rings (SSSR count). The molecule has 0 spiro atoms. The molecule has 0 aliphatic heterocycles. The van der Waals surface area contributed by atoms with Gasteiger partial charge in [0, 0.05) is 12.2 Å². The number of carbonyl (C=O) groups is 1. The fraction of sp³-hybridized carbons (Fsp3) is 0.615. The molecule has 1 amide bonds. The number of rotatable bonds is 4. The van der Waals surface area contributed by atoms with Crippen molar-refractivity contribution in [2.24, 2.45) is 5.92 Å². The summed E-state index contributed by atoms with van der Waals surface area (Å²) in [6, 6.07) is 1.64. The van der Waals surface area contributed by atoms with E-state index in [1.165, 1.54) is 19.2 Å². The van der Waals surface area contributed by atoms with Crippen molar-refractivity contribution in [3.8, 4) is 0 Å². The Bertz CT molecular complexity index is 416. The van der Waals surface area contributed by atoms with Gasteiger partial charge in [-0.15, -0.1) is 0 Å². The van der Waals surface area contributed by atoms with Gasteiger partial charge >= 0.3 is 0 Å². The van der Waals surface area contributed by atoms with Gasteiger partial charge in [0.05, 0.1) is 6.10 Å². The van der Waals surface area contributed by atoms with Crippen LogP contribution in [0.2, 0.25) is 0 Å². The average Bonchev–Trinajstić information content (AvgIpc) is 2.89. The van der Waals surface area contributed by atoms with E-state index in [4.69, 9.17) is 0 Å². The number of aliphatic hydroxyl groups is 1. The molecule has 1 fully saturated rings. The number of hydrogen-bond donors (Lipinski definition) is 2. The summed E-state index contributed by atoms with van der Waals surface area (Å²) in [6.07, 6.45) is 5.41. The van der Waals surface area contributed by atoms with Crippen molar-refractivity contribution in [1.82, 2.24) is 15.3 Å². The topological polar surface area (TPSA) is 75.1 Å². The number of aryl methyl sites for hydroxylation is 1. The summed E-state index contributed by atoms with van der Waals surface area (Å²) >= 11 is 0. The van der Waals surface area contributed by atoms with Crippen molar-refractivity contribution in [1.29, 1.82) is 0 Å². The van der Waals surface area contributed by atoms with Crippen LogP contribution in [0, 0.1) is 12.8 Å². The number of nitrogens with one attached hydrogen (secondary N) is 1. The SMILES string of the molecule is Cc1cc(C(=O)NCC(O)C2CCCC2)ncn1. The third kappa shape index (κ3) is 3.26. The van der Waals surface area contributed by atoms with Crippen molar-refractivity contribution in [3.63, 3.8) is 0 Å². The van der Waals surface area contributed by atoms with Crippen LogP contribution < -0.4 is 5.32 Å². The van der Waals surface area contributed by atoms with Gasteiger partial charge in [-0.2, -0.15) is 0 Å². The van der Waals surface area contributed by atoms with E-state index in [0.717, 1.165) is 18.5 Å². The van der Waals surface area contributed by atoms with E-state index in [1.807, 2.05) is 6.92 Å². The third-order valence-corrected chi connectivity index (χ3v) is 3.45. The van der Waals surface area contributed by atoms with Crippen LogP contribution in [0.3, 0.4) is 0 Å². The summed E-state index contributed by atoms with van der Waals surface area (Å²) < 4.78 is 0. The van der Waals surface area contributed by atoms with Crippen LogP contribution in [-0.4, -0.2) is 33.6 Å². The lowest BCUT2D eigenvalue weighted by molar-refractivity contribution is 0.0836. The fourth-order valence-corrected chi connectivity index (χ4v) is 2.38. The molecule has 98 valence electrons. The number of aliphatic hydroxyl groups excluding tert-OH is 1. The van der Waals surface area contributed by atoms with Gasteiger partial charge in [-0.3, -0.25) is 4.79 Å². The first-order valence-corrected chi connectivity index (χ1v) is 6.41. The zero-order valence-electron chi connectivity index (χ0n) is 10.6. The Morgan fingerprint density at radius 1 is 1.50 bits per heavy atom. The van der Waals surface area contributed by atoms with Crippen LogP contribution in [0.25, 0.3) is 0 Å². The molecule has 0 bridgehead atoms. The van der Waals surface area contributed by atoms with Crippen LogP contribution in [-0.2, 0) is 0 Å². The van der Waals surface area contributed by atoms with E-state index in [1.54, 1.807) is 6.07 Å². The van der Waals surface area contributed by atoms with Crippen LogP contribution in [0.5, 0.6) is 0 Å². The van der Waals surface area contributed by atoms with E-state index in [0.29, 0.717) is 18.2 Å². The standard InChI is InChI=1S/C13H19N3O2/c1-9-6-11(16-8-15-9)13(18)14-7-12(17)10-4-2-3-5-10/h6,8,10,12,17H,2-5,7H2,1H3,(H,14,18). The smallest absolute Gasteiger partial charge is 0.270 e. The highest BCUT2D eigenvalue weighted by molar-refractivity contribution is 5.92. The highest BCUT2D eigenvalue weighted by Gasteiger charge is 2.23. The second-order valence-electron chi connectivity index (χ2n) is 4.87. The second-order valence-corrected chi connectivity index (χ2v) is 4.87. The Hall–Kier alpha value is -1.49. The lowest BCUT2D eigenvalue weighted by Gasteiger charge is -2.17. The average molecular weight is 249 g/mol. The molecule has 0 saturated heterocycles. The normalized spacial score (nSPS) is 17.7. The Morgan fingerprint density at radius 2 is 2.22 bits per heavy atom. The highest BCUT2D eigenvalue weighted by atomic mass is 16.3. The molecule has 0 radical (unpaired) electrons. The number of nitrogens with zero attached hydrogens (tertiary/aromatic N) is 2. The predicted molar refractivity (Wildman–Crippen MR) is 67.1 cm³/mol. The van der Waals surface area contributed by atoms with Gasteiger partial charge in [-0.05, 0) is 31.7 Å². The molecule has 5 nitrogen and oxygen atoms in total. The van der Waals surface area contributed by atoms with Crippen molar-refractivity contribution in [3.05, 3.63) is 23.8 Å². The molecular formula is C13H19N3O2. The van der Waals surface area contributed by atoms with Gasteiger partial charge in [-0.25, -0.2) is 9.97 Å². The summed E-state index contributed by atoms with van der Waals surface area (Å²) in [5.74, 6) is 0.0787. The molecule has 2 N–H and O–H groups in total. The fourth-order valence-electron chi connectivity index (χ4n) is 2.38. The summed E-state index contributed by atoms with van der Waals surface area (Å²) in [7, 11) is 0. The Kier molecular flexibility index (Phi) is 4.25. The number of carbonyl (C=O) groups excluding carboxylic acids is 1. The summed E-state index contributed by atoms with van der Waals surface area (Å²) in [4.78, 5) is 19.7. The van der Waals surface area contributed by atoms with E-state index >= 15 is 0 Å². The van der Waals surface area contributed by atoms with Crippen LogP contribution in [0.4, 0.5) is 0 Å². The maximum Gasteiger partial charge on any atom is 0.270 e. The second kappa shape index (κ2) is 5.91. The molecule has 0 aromatic carbocycles. The molecule has 18 heavy (non-hydrogen) atoms. The van der Waals surface area contributed by atoms with Gasteiger partial charge < -0.3 is 10.4 Å². The summed E-state index contributed by atoms with van der Waals surface area (Å²) in [6.45, 7) is 2.11. The van der Waals surface area contributed by atoms with Gasteiger partial charge in [0.1, 0.15) is 12.0 Å². The third-order valence-electron chi connectivity index (χ3n) is 3.45. The Labute approximate surface area is 107 Å². The number of aromatic nitrogens is 2. The molecule has 1 aromatic heterocycles. The molecule has 1 saturated carbocycles. The lowest BCUT2D eigenvalue weighted by atomic mass is 10.0. The molecule has 1 aliphatic carbocycles. The van der Waals surface area contributed by atoms with Gasteiger partial charge in [0.25, 0.3) is 5.91 Å².